The van der Waals surface area contributed by atoms with Crippen LogP contribution in [0.5, 0.6) is 0 Å². The molecular formula is C14H25NOS. The van der Waals surface area contributed by atoms with Gasteiger partial charge in [0.15, 0.2) is 0 Å². The molecule has 0 amide bonds. The first kappa shape index (κ1) is 13.4. The highest BCUT2D eigenvalue weighted by atomic mass is 32.2. The van der Waals surface area contributed by atoms with Gasteiger partial charge in [0.25, 0.3) is 0 Å². The predicted molar refractivity (Wildman–Crippen MR) is 75.6 cm³/mol. The van der Waals surface area contributed by atoms with Gasteiger partial charge in [-0.05, 0) is 63.1 Å². The van der Waals surface area contributed by atoms with Crippen LogP contribution in [0, 0.1) is 5.92 Å². The van der Waals surface area contributed by atoms with Crippen LogP contribution in [-0.2, 0) is 4.74 Å². The van der Waals surface area contributed by atoms with E-state index in [1.54, 1.807) is 0 Å². The molecule has 0 aromatic carbocycles. The third kappa shape index (κ3) is 4.01. The third-order valence-corrected chi connectivity index (χ3v) is 4.89. The Bertz CT molecular complexity index is 243. The Balaban J connectivity index is 1.81. The van der Waals surface area contributed by atoms with Crippen molar-refractivity contribution in [2.24, 2.45) is 5.92 Å². The molecule has 1 spiro atoms. The molecule has 0 saturated carbocycles. The molecule has 2 heterocycles. The molecule has 1 atom stereocenters. The molecule has 1 N–H and O–H groups in total. The topological polar surface area (TPSA) is 21.3 Å². The average molecular weight is 255 g/mol. The van der Waals surface area contributed by atoms with Crippen LogP contribution in [0.3, 0.4) is 0 Å². The van der Waals surface area contributed by atoms with Crippen LogP contribution in [0.15, 0.2) is 12.2 Å². The third-order valence-electron chi connectivity index (χ3n) is 3.90. The van der Waals surface area contributed by atoms with Gasteiger partial charge in [-0.25, -0.2) is 0 Å². The monoisotopic (exact) mass is 255 g/mol. The second-order valence-electron chi connectivity index (χ2n) is 5.22. The Morgan fingerprint density at radius 1 is 1.41 bits per heavy atom. The van der Waals surface area contributed by atoms with Crippen molar-refractivity contribution < 1.29 is 4.74 Å². The van der Waals surface area contributed by atoms with Crippen molar-refractivity contribution in [1.29, 1.82) is 0 Å². The van der Waals surface area contributed by atoms with Crippen LogP contribution in [-0.4, -0.2) is 37.3 Å². The lowest BCUT2D eigenvalue weighted by molar-refractivity contribution is -0.0949. The highest BCUT2D eigenvalue weighted by Crippen LogP contribution is 2.40. The number of hydrogen-bond acceptors (Lipinski definition) is 3. The lowest BCUT2D eigenvalue weighted by Crippen LogP contribution is -2.42. The summed E-state index contributed by atoms with van der Waals surface area (Å²) in [6.07, 6.45) is 10.9. The van der Waals surface area contributed by atoms with Crippen molar-refractivity contribution in [2.45, 2.75) is 37.7 Å². The first-order valence-electron chi connectivity index (χ1n) is 6.88. The summed E-state index contributed by atoms with van der Waals surface area (Å²) < 4.78 is 6.10. The Morgan fingerprint density at radius 3 is 3.00 bits per heavy atom. The van der Waals surface area contributed by atoms with Gasteiger partial charge in [-0.2, -0.15) is 11.8 Å². The largest absolute Gasteiger partial charge is 0.375 e. The summed E-state index contributed by atoms with van der Waals surface area (Å²) in [4.78, 5) is 0. The first-order chi connectivity index (χ1) is 8.35. The highest BCUT2D eigenvalue weighted by Gasteiger charge is 2.37. The van der Waals surface area contributed by atoms with Crippen LogP contribution >= 0.6 is 11.8 Å². The lowest BCUT2D eigenvalue weighted by atomic mass is 9.82. The van der Waals surface area contributed by atoms with E-state index in [-0.39, 0.29) is 5.60 Å². The fourth-order valence-corrected chi connectivity index (χ4v) is 4.07. The van der Waals surface area contributed by atoms with Gasteiger partial charge in [0.05, 0.1) is 5.60 Å². The van der Waals surface area contributed by atoms with Crippen molar-refractivity contribution in [1.82, 2.24) is 5.32 Å². The Labute approximate surface area is 110 Å². The molecule has 0 radical (unpaired) electrons. The van der Waals surface area contributed by atoms with Gasteiger partial charge in [0, 0.05) is 6.61 Å². The molecule has 3 heteroatoms. The summed E-state index contributed by atoms with van der Waals surface area (Å²) in [7, 11) is 2.01. The van der Waals surface area contributed by atoms with Crippen LogP contribution in [0.2, 0.25) is 0 Å². The maximum absolute atomic E-state index is 6.10. The molecule has 0 bridgehead atoms. The van der Waals surface area contributed by atoms with E-state index < -0.39 is 0 Å². The van der Waals surface area contributed by atoms with Gasteiger partial charge in [-0.3, -0.25) is 0 Å². The van der Waals surface area contributed by atoms with Gasteiger partial charge >= 0.3 is 0 Å². The van der Waals surface area contributed by atoms with Crippen molar-refractivity contribution in [3.63, 3.8) is 0 Å². The van der Waals surface area contributed by atoms with E-state index in [4.69, 9.17) is 4.74 Å². The second kappa shape index (κ2) is 6.81. The molecular weight excluding hydrogens is 230 g/mol. The normalized spacial score (nSPS) is 28.9. The number of rotatable bonds is 4. The number of nitrogens with one attached hydrogen (secondary N) is 1. The summed E-state index contributed by atoms with van der Waals surface area (Å²) in [5.41, 5.74) is 0.238. The molecule has 2 aliphatic heterocycles. The molecule has 2 rings (SSSR count). The number of thioether (sulfide) groups is 1. The van der Waals surface area contributed by atoms with Gasteiger partial charge in [0.2, 0.25) is 0 Å². The smallest absolute Gasteiger partial charge is 0.0703 e. The predicted octanol–water partition coefficient (Wildman–Crippen LogP) is 2.84. The van der Waals surface area contributed by atoms with E-state index >= 15 is 0 Å². The SMILES string of the molecule is CNCCC=CC1CCOC2(CCSCC2)C1. The van der Waals surface area contributed by atoms with Gasteiger partial charge < -0.3 is 10.1 Å². The molecule has 0 aromatic heterocycles. The molecule has 2 saturated heterocycles. The Morgan fingerprint density at radius 2 is 2.24 bits per heavy atom. The number of ether oxygens (including phenoxy) is 1. The van der Waals surface area contributed by atoms with E-state index in [0.717, 1.165) is 25.5 Å². The molecule has 0 aromatic rings. The molecule has 2 aliphatic rings. The van der Waals surface area contributed by atoms with Gasteiger partial charge in [-0.1, -0.05) is 12.2 Å². The van der Waals surface area contributed by atoms with Crippen molar-refractivity contribution in [3.8, 4) is 0 Å². The minimum Gasteiger partial charge on any atom is -0.375 e. The molecule has 98 valence electrons. The van der Waals surface area contributed by atoms with Gasteiger partial charge in [0.1, 0.15) is 0 Å². The van der Waals surface area contributed by atoms with Crippen LogP contribution in [0.4, 0.5) is 0 Å². The maximum Gasteiger partial charge on any atom is 0.0703 e. The quantitative estimate of drug-likeness (QED) is 0.616. The summed E-state index contributed by atoms with van der Waals surface area (Å²) in [5.74, 6) is 3.33. The fourth-order valence-electron chi connectivity index (χ4n) is 2.84. The summed E-state index contributed by atoms with van der Waals surface area (Å²) in [5, 5.41) is 3.18. The van der Waals surface area contributed by atoms with E-state index in [2.05, 4.69) is 29.2 Å². The standard InChI is InChI=1S/C14H25NOS/c1-15-8-3-2-4-13-5-9-16-14(12-13)6-10-17-11-7-14/h2,4,13,15H,3,5-12H2,1H3. The van der Waals surface area contributed by atoms with Crippen molar-refractivity contribution in [3.05, 3.63) is 12.2 Å². The van der Waals surface area contributed by atoms with Gasteiger partial charge in [-0.15, -0.1) is 0 Å². The second-order valence-corrected chi connectivity index (χ2v) is 6.44. The minimum absolute atomic E-state index is 0.238. The van der Waals surface area contributed by atoms with Crippen molar-refractivity contribution >= 4 is 11.8 Å². The Kier molecular flexibility index (Phi) is 5.39. The summed E-state index contributed by atoms with van der Waals surface area (Å²) >= 11 is 2.08. The average Bonchev–Trinajstić information content (AvgIpc) is 2.36. The molecule has 0 aliphatic carbocycles. The molecule has 17 heavy (non-hydrogen) atoms. The van der Waals surface area contributed by atoms with E-state index in [1.165, 1.54) is 37.2 Å². The number of hydrogen-bond donors (Lipinski definition) is 1. The van der Waals surface area contributed by atoms with E-state index in [1.807, 2.05) is 7.05 Å². The zero-order chi connectivity index (χ0) is 12.0. The Hall–Kier alpha value is 0.01000. The molecule has 2 nitrogen and oxygen atoms in total. The zero-order valence-corrected chi connectivity index (χ0v) is 11.7. The van der Waals surface area contributed by atoms with E-state index in [0.29, 0.717) is 0 Å². The molecule has 2 fully saturated rings. The zero-order valence-electron chi connectivity index (χ0n) is 10.9. The van der Waals surface area contributed by atoms with Crippen LogP contribution in [0.25, 0.3) is 0 Å². The summed E-state index contributed by atoms with van der Waals surface area (Å²) in [6.45, 7) is 2.05. The highest BCUT2D eigenvalue weighted by molar-refractivity contribution is 7.99. The summed E-state index contributed by atoms with van der Waals surface area (Å²) in [6, 6.07) is 0. The fraction of sp³-hybridized carbons (Fsp3) is 0.857. The first-order valence-corrected chi connectivity index (χ1v) is 8.03. The van der Waals surface area contributed by atoms with Crippen LogP contribution < -0.4 is 5.32 Å². The molecule has 1 unspecified atom stereocenters. The minimum atomic E-state index is 0.238. The van der Waals surface area contributed by atoms with Crippen LogP contribution in [0.1, 0.15) is 32.1 Å². The van der Waals surface area contributed by atoms with Crippen molar-refractivity contribution in [2.75, 3.05) is 31.7 Å². The number of allylic oxidation sites excluding steroid dienone is 1. The lowest BCUT2D eigenvalue weighted by Gasteiger charge is -2.42. The van der Waals surface area contributed by atoms with E-state index in [9.17, 15) is 0 Å². The maximum atomic E-state index is 6.10.